The Morgan fingerprint density at radius 1 is 0.947 bits per heavy atom. The molecule has 94 valence electrons. The van der Waals surface area contributed by atoms with Gasteiger partial charge in [-0.15, -0.1) is 0 Å². The van der Waals surface area contributed by atoms with Gasteiger partial charge in [0.25, 0.3) is 0 Å². The second-order valence-corrected chi connectivity index (χ2v) is 4.88. The quantitative estimate of drug-likeness (QED) is 0.701. The van der Waals surface area contributed by atoms with Crippen molar-refractivity contribution in [1.29, 1.82) is 0 Å². The van der Waals surface area contributed by atoms with Gasteiger partial charge in [-0.2, -0.15) is 5.10 Å². The van der Waals surface area contributed by atoms with Crippen LogP contribution in [-0.2, 0) is 5.33 Å². The Morgan fingerprint density at radius 2 is 1.68 bits per heavy atom. The van der Waals surface area contributed by atoms with Crippen LogP contribution in [0.25, 0.3) is 22.5 Å². The zero-order valence-corrected chi connectivity index (χ0v) is 11.9. The molecule has 1 N–H and O–H groups in total. The van der Waals surface area contributed by atoms with Gasteiger partial charge in [0.1, 0.15) is 0 Å². The molecule has 0 aliphatic carbocycles. The Labute approximate surface area is 120 Å². The van der Waals surface area contributed by atoms with Gasteiger partial charge in [-0.1, -0.05) is 70.5 Å². The predicted molar refractivity (Wildman–Crippen MR) is 82.1 cm³/mol. The highest BCUT2D eigenvalue weighted by atomic mass is 79.9. The summed E-state index contributed by atoms with van der Waals surface area (Å²) in [6, 6.07) is 20.6. The van der Waals surface area contributed by atoms with E-state index in [1.54, 1.807) is 0 Å². The van der Waals surface area contributed by atoms with Gasteiger partial charge in [0, 0.05) is 16.5 Å². The minimum absolute atomic E-state index is 0.836. The van der Waals surface area contributed by atoms with Crippen LogP contribution in [0.5, 0.6) is 0 Å². The highest BCUT2D eigenvalue weighted by molar-refractivity contribution is 9.08. The van der Waals surface area contributed by atoms with E-state index < -0.39 is 0 Å². The van der Waals surface area contributed by atoms with Crippen LogP contribution in [0.4, 0.5) is 0 Å². The van der Waals surface area contributed by atoms with E-state index in [9.17, 15) is 0 Å². The molecule has 1 aromatic heterocycles. The van der Waals surface area contributed by atoms with Gasteiger partial charge in [-0.05, 0) is 11.6 Å². The number of rotatable bonds is 3. The number of hydrogen-bond acceptors (Lipinski definition) is 1. The van der Waals surface area contributed by atoms with Gasteiger partial charge in [0.15, 0.2) is 0 Å². The van der Waals surface area contributed by atoms with Crippen LogP contribution in [0.15, 0.2) is 60.7 Å². The van der Waals surface area contributed by atoms with Crippen molar-refractivity contribution >= 4 is 15.9 Å². The minimum atomic E-state index is 0.836. The number of hydrogen-bond donors (Lipinski definition) is 1. The number of nitrogens with one attached hydrogen (secondary N) is 1. The monoisotopic (exact) mass is 312 g/mol. The molecule has 0 saturated carbocycles. The molecule has 3 rings (SSSR count). The Bertz CT molecular complexity index is 674. The van der Waals surface area contributed by atoms with Crippen LogP contribution in [0.2, 0.25) is 0 Å². The summed E-state index contributed by atoms with van der Waals surface area (Å²) in [7, 11) is 0. The van der Waals surface area contributed by atoms with Gasteiger partial charge in [-0.25, -0.2) is 0 Å². The molecule has 0 atom stereocenters. The summed E-state index contributed by atoms with van der Waals surface area (Å²) >= 11 is 3.52. The lowest BCUT2D eigenvalue weighted by Crippen LogP contribution is -1.85. The minimum Gasteiger partial charge on any atom is -0.277 e. The van der Waals surface area contributed by atoms with E-state index >= 15 is 0 Å². The fourth-order valence-electron chi connectivity index (χ4n) is 2.12. The Hall–Kier alpha value is -1.87. The normalized spacial score (nSPS) is 10.6. The molecule has 2 aromatic carbocycles. The Morgan fingerprint density at radius 3 is 2.47 bits per heavy atom. The fraction of sp³-hybridized carbons (Fsp3) is 0.0625. The SMILES string of the molecule is BrCc1ccccc1-c1cc(-c2ccccc2)n[nH]1. The Balaban J connectivity index is 2.02. The maximum atomic E-state index is 4.40. The number of alkyl halides is 1. The van der Waals surface area contributed by atoms with Gasteiger partial charge in [0.05, 0.1) is 11.4 Å². The molecule has 19 heavy (non-hydrogen) atoms. The van der Waals surface area contributed by atoms with Crippen molar-refractivity contribution in [1.82, 2.24) is 10.2 Å². The van der Waals surface area contributed by atoms with Crippen molar-refractivity contribution in [2.75, 3.05) is 0 Å². The Kier molecular flexibility index (Phi) is 3.47. The maximum absolute atomic E-state index is 4.40. The molecule has 0 aliphatic rings. The maximum Gasteiger partial charge on any atom is 0.0927 e. The molecule has 0 amide bonds. The van der Waals surface area contributed by atoms with Crippen molar-refractivity contribution < 1.29 is 0 Å². The predicted octanol–water partition coefficient (Wildman–Crippen LogP) is 4.64. The topological polar surface area (TPSA) is 28.7 Å². The van der Waals surface area contributed by atoms with Crippen molar-refractivity contribution in [3.8, 4) is 22.5 Å². The standard InChI is InChI=1S/C16H13BrN2/c17-11-13-8-4-5-9-14(13)16-10-15(18-19-16)12-6-2-1-3-7-12/h1-10H,11H2,(H,18,19). The number of halogens is 1. The van der Waals surface area contributed by atoms with Crippen molar-refractivity contribution in [2.45, 2.75) is 5.33 Å². The molecule has 0 aliphatic heterocycles. The summed E-state index contributed by atoms with van der Waals surface area (Å²) in [4.78, 5) is 0. The van der Waals surface area contributed by atoms with E-state index in [4.69, 9.17) is 0 Å². The first-order valence-corrected chi connectivity index (χ1v) is 7.25. The molecule has 3 aromatic rings. The fourth-order valence-corrected chi connectivity index (χ4v) is 2.61. The summed E-state index contributed by atoms with van der Waals surface area (Å²) in [5.74, 6) is 0. The second kappa shape index (κ2) is 5.41. The third kappa shape index (κ3) is 2.47. The van der Waals surface area contributed by atoms with Crippen LogP contribution in [0.1, 0.15) is 5.56 Å². The lowest BCUT2D eigenvalue weighted by Gasteiger charge is -2.03. The van der Waals surface area contributed by atoms with Crippen LogP contribution >= 0.6 is 15.9 Å². The molecule has 1 heterocycles. The molecule has 0 radical (unpaired) electrons. The molecule has 0 spiro atoms. The van der Waals surface area contributed by atoms with Crippen LogP contribution < -0.4 is 0 Å². The van der Waals surface area contributed by atoms with Crippen LogP contribution in [-0.4, -0.2) is 10.2 Å². The molecular weight excluding hydrogens is 300 g/mol. The zero-order valence-electron chi connectivity index (χ0n) is 10.3. The van der Waals surface area contributed by atoms with Gasteiger partial charge in [0.2, 0.25) is 0 Å². The summed E-state index contributed by atoms with van der Waals surface area (Å²) < 4.78 is 0. The zero-order chi connectivity index (χ0) is 13.1. The first-order chi connectivity index (χ1) is 9.38. The summed E-state index contributed by atoms with van der Waals surface area (Å²) in [5.41, 5.74) is 5.59. The third-order valence-corrected chi connectivity index (χ3v) is 3.70. The lowest BCUT2D eigenvalue weighted by molar-refractivity contribution is 1.10. The van der Waals surface area contributed by atoms with Gasteiger partial charge >= 0.3 is 0 Å². The van der Waals surface area contributed by atoms with Gasteiger partial charge < -0.3 is 0 Å². The molecule has 0 unspecified atom stereocenters. The molecule has 3 heteroatoms. The molecular formula is C16H13BrN2. The van der Waals surface area contributed by atoms with E-state index in [-0.39, 0.29) is 0 Å². The van der Waals surface area contributed by atoms with Gasteiger partial charge in [-0.3, -0.25) is 5.10 Å². The van der Waals surface area contributed by atoms with Crippen molar-refractivity contribution in [2.24, 2.45) is 0 Å². The van der Waals surface area contributed by atoms with E-state index in [0.29, 0.717) is 0 Å². The largest absolute Gasteiger partial charge is 0.277 e. The van der Waals surface area contributed by atoms with Crippen LogP contribution in [0.3, 0.4) is 0 Å². The number of aromatic amines is 1. The number of H-pyrrole nitrogens is 1. The van der Waals surface area contributed by atoms with Crippen LogP contribution in [0, 0.1) is 0 Å². The molecule has 2 nitrogen and oxygen atoms in total. The molecule has 0 fully saturated rings. The van der Waals surface area contributed by atoms with Crippen molar-refractivity contribution in [3.05, 3.63) is 66.2 Å². The van der Waals surface area contributed by atoms with E-state index in [2.05, 4.69) is 62.5 Å². The summed E-state index contributed by atoms with van der Waals surface area (Å²) in [6.45, 7) is 0. The van der Waals surface area contributed by atoms with E-state index in [1.807, 2.05) is 24.3 Å². The number of nitrogens with zero attached hydrogens (tertiary/aromatic N) is 1. The summed E-state index contributed by atoms with van der Waals surface area (Å²) in [5, 5.41) is 8.36. The lowest BCUT2D eigenvalue weighted by atomic mass is 10.0. The molecule has 0 saturated heterocycles. The second-order valence-electron chi connectivity index (χ2n) is 4.32. The summed E-state index contributed by atoms with van der Waals surface area (Å²) in [6.07, 6.45) is 0. The third-order valence-electron chi connectivity index (χ3n) is 3.10. The van der Waals surface area contributed by atoms with E-state index in [0.717, 1.165) is 22.3 Å². The first kappa shape index (κ1) is 12.2. The average molecular weight is 313 g/mol. The molecule has 0 bridgehead atoms. The van der Waals surface area contributed by atoms with Crippen molar-refractivity contribution in [3.63, 3.8) is 0 Å². The smallest absolute Gasteiger partial charge is 0.0927 e. The van der Waals surface area contributed by atoms with E-state index in [1.165, 1.54) is 11.1 Å². The highest BCUT2D eigenvalue weighted by Crippen LogP contribution is 2.27. The first-order valence-electron chi connectivity index (χ1n) is 6.13. The average Bonchev–Trinajstić information content (AvgIpc) is 2.98. The number of benzene rings is 2. The number of aromatic nitrogens is 2. The highest BCUT2D eigenvalue weighted by Gasteiger charge is 2.08.